The molecule has 2 aromatic rings. The number of hydrogen-bond acceptors (Lipinski definition) is 3. The third-order valence-corrected chi connectivity index (χ3v) is 6.88. The maximum atomic E-state index is 6.27. The third-order valence-electron chi connectivity index (χ3n) is 6.33. The molecule has 4 fully saturated rings. The molecule has 0 radical (unpaired) electrons. The van der Waals surface area contributed by atoms with Gasteiger partial charge in [0.25, 0.3) is 0 Å². The summed E-state index contributed by atoms with van der Waals surface area (Å²) in [6.07, 6.45) is 9.32. The third kappa shape index (κ3) is 2.57. The molecule has 0 atom stereocenters. The molecule has 4 aliphatic rings. The minimum absolute atomic E-state index is 0.405. The van der Waals surface area contributed by atoms with E-state index in [1.165, 1.54) is 38.5 Å². The first-order valence-electron chi connectivity index (χ1n) is 8.87. The SMILES string of the molecule is Clc1ccc(-c2noc(CC34CC5CC(CC(C5)C3)C4)n2)c(Cl)c1. The summed E-state index contributed by atoms with van der Waals surface area (Å²) in [4.78, 5) is 4.64. The second kappa shape index (κ2) is 5.47. The predicted octanol–water partition coefficient (Wildman–Crippen LogP) is 5.80. The highest BCUT2D eigenvalue weighted by atomic mass is 35.5. The smallest absolute Gasteiger partial charge is 0.227 e. The van der Waals surface area contributed by atoms with Crippen molar-refractivity contribution in [3.63, 3.8) is 0 Å². The summed E-state index contributed by atoms with van der Waals surface area (Å²) in [6.45, 7) is 0. The first-order chi connectivity index (χ1) is 11.6. The Kier molecular flexibility index (Phi) is 3.47. The van der Waals surface area contributed by atoms with Gasteiger partial charge in [0, 0.05) is 17.0 Å². The van der Waals surface area contributed by atoms with E-state index in [0.29, 0.717) is 21.3 Å². The number of rotatable bonds is 3. The standard InChI is InChI=1S/C19H20Cl2N2O/c20-14-1-2-15(16(21)6-14)18-22-17(24-23-18)10-19-7-11-3-12(8-19)5-13(4-11)9-19/h1-2,6,11-13H,3-5,7-10H2. The van der Waals surface area contributed by atoms with Crippen LogP contribution < -0.4 is 0 Å². The van der Waals surface area contributed by atoms with Crippen molar-refractivity contribution in [3.8, 4) is 11.4 Å². The topological polar surface area (TPSA) is 38.9 Å². The molecule has 0 unspecified atom stereocenters. The van der Waals surface area contributed by atoms with Crippen molar-refractivity contribution in [2.24, 2.45) is 23.2 Å². The molecule has 6 rings (SSSR count). The van der Waals surface area contributed by atoms with Gasteiger partial charge in [-0.15, -0.1) is 0 Å². The molecule has 126 valence electrons. The Labute approximate surface area is 151 Å². The van der Waals surface area contributed by atoms with Crippen LogP contribution in [0, 0.1) is 23.2 Å². The maximum absolute atomic E-state index is 6.27. The Bertz CT molecular complexity index is 750. The summed E-state index contributed by atoms with van der Waals surface area (Å²) < 4.78 is 5.59. The van der Waals surface area contributed by atoms with Crippen molar-refractivity contribution in [2.75, 3.05) is 0 Å². The molecule has 0 spiro atoms. The monoisotopic (exact) mass is 362 g/mol. The molecule has 24 heavy (non-hydrogen) atoms. The molecule has 0 aliphatic heterocycles. The lowest BCUT2D eigenvalue weighted by Crippen LogP contribution is -2.47. The first kappa shape index (κ1) is 15.2. The van der Waals surface area contributed by atoms with Gasteiger partial charge in [-0.25, -0.2) is 0 Å². The van der Waals surface area contributed by atoms with Crippen molar-refractivity contribution in [1.29, 1.82) is 0 Å². The zero-order valence-corrected chi connectivity index (χ0v) is 15.0. The van der Waals surface area contributed by atoms with Crippen LogP contribution in [0.1, 0.15) is 44.4 Å². The van der Waals surface area contributed by atoms with Crippen molar-refractivity contribution < 1.29 is 4.52 Å². The van der Waals surface area contributed by atoms with E-state index in [9.17, 15) is 0 Å². The fourth-order valence-electron chi connectivity index (χ4n) is 5.93. The Morgan fingerprint density at radius 2 is 1.71 bits per heavy atom. The lowest BCUT2D eigenvalue weighted by Gasteiger charge is -2.56. The van der Waals surface area contributed by atoms with Gasteiger partial charge in [-0.05, 0) is 79.9 Å². The fourth-order valence-corrected chi connectivity index (χ4v) is 6.43. The quantitative estimate of drug-likeness (QED) is 0.692. The summed E-state index contributed by atoms with van der Waals surface area (Å²) in [5, 5.41) is 5.33. The van der Waals surface area contributed by atoms with E-state index >= 15 is 0 Å². The van der Waals surface area contributed by atoms with E-state index in [4.69, 9.17) is 27.7 Å². The van der Waals surface area contributed by atoms with Gasteiger partial charge in [-0.1, -0.05) is 28.4 Å². The average Bonchev–Trinajstić information content (AvgIpc) is 2.93. The van der Waals surface area contributed by atoms with Crippen molar-refractivity contribution >= 4 is 23.2 Å². The van der Waals surface area contributed by atoms with Crippen LogP contribution in [-0.4, -0.2) is 10.1 Å². The van der Waals surface area contributed by atoms with Gasteiger partial charge >= 0.3 is 0 Å². The highest BCUT2D eigenvalue weighted by Gasteiger charge is 2.51. The molecule has 4 saturated carbocycles. The number of benzene rings is 1. The van der Waals surface area contributed by atoms with Crippen molar-refractivity contribution in [1.82, 2.24) is 10.1 Å². The summed E-state index contributed by atoms with van der Waals surface area (Å²) in [5.74, 6) is 4.13. The molecule has 0 amide bonds. The van der Waals surface area contributed by atoms with Crippen LogP contribution in [0.5, 0.6) is 0 Å². The van der Waals surface area contributed by atoms with E-state index in [0.717, 1.165) is 35.6 Å². The van der Waals surface area contributed by atoms with Crippen LogP contribution in [0.15, 0.2) is 22.7 Å². The molecule has 1 aromatic carbocycles. The maximum Gasteiger partial charge on any atom is 0.227 e. The average molecular weight is 363 g/mol. The molecule has 3 nitrogen and oxygen atoms in total. The molecule has 1 aromatic heterocycles. The largest absolute Gasteiger partial charge is 0.339 e. The molecule has 5 heteroatoms. The zero-order valence-electron chi connectivity index (χ0n) is 13.5. The summed E-state index contributed by atoms with van der Waals surface area (Å²) >= 11 is 12.2. The predicted molar refractivity (Wildman–Crippen MR) is 94.1 cm³/mol. The molecule has 0 N–H and O–H groups in total. The number of aromatic nitrogens is 2. The summed E-state index contributed by atoms with van der Waals surface area (Å²) in [7, 11) is 0. The number of nitrogens with zero attached hydrogens (tertiary/aromatic N) is 2. The van der Waals surface area contributed by atoms with E-state index < -0.39 is 0 Å². The lowest BCUT2D eigenvalue weighted by molar-refractivity contribution is -0.0556. The van der Waals surface area contributed by atoms with Crippen LogP contribution >= 0.6 is 23.2 Å². The van der Waals surface area contributed by atoms with Crippen molar-refractivity contribution in [2.45, 2.75) is 44.9 Å². The minimum Gasteiger partial charge on any atom is -0.339 e. The van der Waals surface area contributed by atoms with E-state index in [1.807, 2.05) is 6.07 Å². The van der Waals surface area contributed by atoms with Gasteiger partial charge in [0.1, 0.15) is 0 Å². The van der Waals surface area contributed by atoms with Crippen LogP contribution in [0.4, 0.5) is 0 Å². The lowest BCUT2D eigenvalue weighted by atomic mass is 9.49. The van der Waals surface area contributed by atoms with Crippen LogP contribution in [0.25, 0.3) is 11.4 Å². The van der Waals surface area contributed by atoms with Gasteiger partial charge in [-0.3, -0.25) is 0 Å². The molecule has 4 bridgehead atoms. The Hall–Kier alpha value is -1.06. The van der Waals surface area contributed by atoms with Crippen molar-refractivity contribution in [3.05, 3.63) is 34.1 Å². The highest BCUT2D eigenvalue weighted by Crippen LogP contribution is 2.61. The Morgan fingerprint density at radius 3 is 2.33 bits per heavy atom. The molecule has 1 heterocycles. The first-order valence-corrected chi connectivity index (χ1v) is 9.62. The summed E-state index contributed by atoms with van der Waals surface area (Å²) in [6, 6.07) is 5.37. The van der Waals surface area contributed by atoms with E-state index in [1.54, 1.807) is 12.1 Å². The van der Waals surface area contributed by atoms with Gasteiger partial charge in [0.15, 0.2) is 0 Å². The Morgan fingerprint density at radius 1 is 1.04 bits per heavy atom. The van der Waals surface area contributed by atoms with Crippen LogP contribution in [0.2, 0.25) is 10.0 Å². The van der Waals surface area contributed by atoms with E-state index in [-0.39, 0.29) is 0 Å². The highest BCUT2D eigenvalue weighted by molar-refractivity contribution is 6.36. The molecular formula is C19H20Cl2N2O. The summed E-state index contributed by atoms with van der Waals surface area (Å²) in [5.41, 5.74) is 1.18. The van der Waals surface area contributed by atoms with Gasteiger partial charge in [0.05, 0.1) is 5.02 Å². The van der Waals surface area contributed by atoms with E-state index in [2.05, 4.69) is 10.1 Å². The van der Waals surface area contributed by atoms with Crippen LogP contribution in [0.3, 0.4) is 0 Å². The second-order valence-electron chi connectivity index (χ2n) is 8.23. The second-order valence-corrected chi connectivity index (χ2v) is 9.07. The number of hydrogen-bond donors (Lipinski definition) is 0. The Balaban J connectivity index is 1.40. The number of halogens is 2. The molecule has 0 saturated heterocycles. The van der Waals surface area contributed by atoms with Crippen LogP contribution in [-0.2, 0) is 6.42 Å². The fraction of sp³-hybridized carbons (Fsp3) is 0.579. The zero-order chi connectivity index (χ0) is 16.3. The normalized spacial score (nSPS) is 34.0. The van der Waals surface area contributed by atoms with Gasteiger partial charge in [0.2, 0.25) is 11.7 Å². The molecule has 4 aliphatic carbocycles. The van der Waals surface area contributed by atoms with Gasteiger partial charge in [-0.2, -0.15) is 4.98 Å². The molecular weight excluding hydrogens is 343 g/mol. The van der Waals surface area contributed by atoms with Gasteiger partial charge < -0.3 is 4.52 Å². The minimum atomic E-state index is 0.405.